The molecule has 1 rings (SSSR count). The summed E-state index contributed by atoms with van der Waals surface area (Å²) in [6, 6.07) is 4.06. The number of nitrogens with one attached hydrogen (secondary N) is 1. The number of amides is 2. The second-order valence-electron chi connectivity index (χ2n) is 2.66. The SMILES string of the molecule is NNC(=O)N(N)c1cccc(OCF)c1I. The predicted molar refractivity (Wildman–Crippen MR) is 65.1 cm³/mol. The number of anilines is 1. The Morgan fingerprint density at radius 2 is 2.31 bits per heavy atom. The van der Waals surface area contributed by atoms with Crippen molar-refractivity contribution < 1.29 is 13.9 Å². The topological polar surface area (TPSA) is 93.6 Å². The summed E-state index contributed by atoms with van der Waals surface area (Å²) < 4.78 is 17.3. The van der Waals surface area contributed by atoms with Crippen LogP contribution in [0.5, 0.6) is 5.75 Å². The lowest BCUT2D eigenvalue weighted by atomic mass is 10.3. The number of rotatable bonds is 3. The number of ether oxygens (including phenoxy) is 1. The van der Waals surface area contributed by atoms with E-state index in [-0.39, 0.29) is 0 Å². The van der Waals surface area contributed by atoms with Gasteiger partial charge in [0, 0.05) is 0 Å². The van der Waals surface area contributed by atoms with E-state index in [1.807, 2.05) is 28.0 Å². The molecule has 0 aromatic heterocycles. The molecule has 16 heavy (non-hydrogen) atoms. The van der Waals surface area contributed by atoms with Crippen LogP contribution in [-0.2, 0) is 0 Å². The van der Waals surface area contributed by atoms with E-state index in [1.54, 1.807) is 18.2 Å². The van der Waals surface area contributed by atoms with E-state index < -0.39 is 12.9 Å². The van der Waals surface area contributed by atoms with Gasteiger partial charge in [-0.25, -0.2) is 25.9 Å². The van der Waals surface area contributed by atoms with Crippen molar-refractivity contribution in [1.29, 1.82) is 0 Å². The first-order chi connectivity index (χ1) is 7.61. The fraction of sp³-hybridized carbons (Fsp3) is 0.125. The number of alkyl halides is 1. The Morgan fingerprint density at radius 1 is 1.62 bits per heavy atom. The number of carbonyl (C=O) groups excluding carboxylic acids is 1. The first kappa shape index (κ1) is 12.9. The molecule has 0 aliphatic rings. The second kappa shape index (κ2) is 5.82. The van der Waals surface area contributed by atoms with E-state index >= 15 is 0 Å². The molecular weight excluding hydrogens is 330 g/mol. The molecule has 2 amide bonds. The van der Waals surface area contributed by atoms with Gasteiger partial charge in [-0.15, -0.1) is 0 Å². The number of benzene rings is 1. The zero-order valence-electron chi connectivity index (χ0n) is 8.11. The molecule has 0 radical (unpaired) electrons. The smallest absolute Gasteiger partial charge is 0.350 e. The normalized spacial score (nSPS) is 9.75. The van der Waals surface area contributed by atoms with Crippen LogP contribution in [-0.4, -0.2) is 12.9 Å². The van der Waals surface area contributed by atoms with Crippen LogP contribution in [0, 0.1) is 3.57 Å². The number of nitrogens with two attached hydrogens (primary N) is 2. The van der Waals surface area contributed by atoms with Crippen molar-refractivity contribution >= 4 is 34.3 Å². The van der Waals surface area contributed by atoms with Crippen molar-refractivity contribution in [2.24, 2.45) is 11.7 Å². The molecule has 0 heterocycles. The summed E-state index contributed by atoms with van der Waals surface area (Å²) in [7, 11) is 0. The number of hydrogen-bond donors (Lipinski definition) is 3. The molecular formula is C8H10FIN4O2. The molecule has 0 atom stereocenters. The van der Waals surface area contributed by atoms with Gasteiger partial charge in [-0.1, -0.05) is 6.07 Å². The fourth-order valence-corrected chi connectivity index (χ4v) is 1.81. The van der Waals surface area contributed by atoms with E-state index in [9.17, 15) is 9.18 Å². The molecule has 0 bridgehead atoms. The zero-order valence-corrected chi connectivity index (χ0v) is 10.3. The van der Waals surface area contributed by atoms with Crippen LogP contribution in [0.4, 0.5) is 14.9 Å². The van der Waals surface area contributed by atoms with Crippen LogP contribution >= 0.6 is 22.6 Å². The molecule has 0 unspecified atom stereocenters. The molecule has 8 heteroatoms. The highest BCUT2D eigenvalue weighted by molar-refractivity contribution is 14.1. The van der Waals surface area contributed by atoms with Crippen LogP contribution < -0.4 is 26.9 Å². The second-order valence-corrected chi connectivity index (χ2v) is 3.74. The number of hydrogen-bond acceptors (Lipinski definition) is 4. The summed E-state index contributed by atoms with van der Waals surface area (Å²) in [4.78, 5) is 11.2. The first-order valence-corrected chi connectivity index (χ1v) is 5.22. The van der Waals surface area contributed by atoms with Gasteiger partial charge < -0.3 is 4.74 Å². The third kappa shape index (κ3) is 2.71. The Labute approximate surface area is 105 Å². The summed E-state index contributed by atoms with van der Waals surface area (Å²) in [6.45, 7) is -0.951. The van der Waals surface area contributed by atoms with Gasteiger partial charge >= 0.3 is 6.03 Å². The lowest BCUT2D eigenvalue weighted by Gasteiger charge is -2.18. The summed E-state index contributed by atoms with van der Waals surface area (Å²) in [5.74, 6) is 10.8. The third-order valence-corrected chi connectivity index (χ3v) is 2.84. The molecule has 0 aliphatic carbocycles. The van der Waals surface area contributed by atoms with Crippen molar-refractivity contribution in [3.63, 3.8) is 0 Å². The third-order valence-electron chi connectivity index (χ3n) is 1.75. The van der Waals surface area contributed by atoms with E-state index in [4.69, 9.17) is 16.4 Å². The average Bonchev–Trinajstić information content (AvgIpc) is 2.30. The Morgan fingerprint density at radius 3 is 2.88 bits per heavy atom. The minimum Gasteiger partial charge on any atom is -0.462 e. The number of urea groups is 1. The molecule has 1 aromatic rings. The number of carbonyl (C=O) groups is 1. The van der Waals surface area contributed by atoms with Crippen molar-refractivity contribution in [3.8, 4) is 5.75 Å². The molecule has 0 spiro atoms. The van der Waals surface area contributed by atoms with Crippen LogP contribution in [0.2, 0.25) is 0 Å². The molecule has 6 nitrogen and oxygen atoms in total. The molecule has 5 N–H and O–H groups in total. The quantitative estimate of drug-likeness (QED) is 0.329. The lowest BCUT2D eigenvalue weighted by Crippen LogP contribution is -2.48. The van der Waals surface area contributed by atoms with Crippen LogP contribution in [0.15, 0.2) is 18.2 Å². The fourth-order valence-electron chi connectivity index (χ4n) is 1.03. The van der Waals surface area contributed by atoms with E-state index in [1.165, 1.54) is 0 Å². The first-order valence-electron chi connectivity index (χ1n) is 4.14. The molecule has 0 saturated heterocycles. The number of nitrogens with zero attached hydrogens (tertiary/aromatic N) is 1. The highest BCUT2D eigenvalue weighted by Crippen LogP contribution is 2.29. The van der Waals surface area contributed by atoms with Gasteiger partial charge in [0.2, 0.25) is 6.86 Å². The summed E-state index contributed by atoms with van der Waals surface area (Å²) in [5, 5.41) is 0.812. The van der Waals surface area contributed by atoms with Crippen LogP contribution in [0.3, 0.4) is 0 Å². The maximum Gasteiger partial charge on any atom is 0.350 e. The maximum absolute atomic E-state index is 12.0. The largest absolute Gasteiger partial charge is 0.462 e. The van der Waals surface area contributed by atoms with Gasteiger partial charge in [-0.3, -0.25) is 5.43 Å². The monoisotopic (exact) mass is 340 g/mol. The summed E-state index contributed by atoms with van der Waals surface area (Å²) in [6.07, 6.45) is 0. The van der Waals surface area contributed by atoms with Gasteiger partial charge in [-0.05, 0) is 34.7 Å². The van der Waals surface area contributed by atoms with Crippen LogP contribution in [0.1, 0.15) is 0 Å². The highest BCUT2D eigenvalue weighted by Gasteiger charge is 2.15. The Balaban J connectivity index is 3.05. The van der Waals surface area contributed by atoms with Gasteiger partial charge in [0.15, 0.2) is 0 Å². The van der Waals surface area contributed by atoms with Gasteiger partial charge in [0.25, 0.3) is 0 Å². The van der Waals surface area contributed by atoms with E-state index in [0.29, 0.717) is 15.0 Å². The van der Waals surface area contributed by atoms with Gasteiger partial charge in [-0.2, -0.15) is 0 Å². The van der Waals surface area contributed by atoms with Crippen molar-refractivity contribution in [2.45, 2.75) is 0 Å². The zero-order chi connectivity index (χ0) is 12.1. The van der Waals surface area contributed by atoms with Gasteiger partial charge in [0.1, 0.15) is 5.75 Å². The van der Waals surface area contributed by atoms with Crippen molar-refractivity contribution in [2.75, 3.05) is 11.9 Å². The van der Waals surface area contributed by atoms with Crippen LogP contribution in [0.25, 0.3) is 0 Å². The molecule has 0 fully saturated rings. The lowest BCUT2D eigenvalue weighted by molar-refractivity contribution is 0.190. The predicted octanol–water partition coefficient (Wildman–Crippen LogP) is 0.860. The maximum atomic E-state index is 12.0. The highest BCUT2D eigenvalue weighted by atomic mass is 127. The van der Waals surface area contributed by atoms with E-state index in [2.05, 4.69) is 0 Å². The molecule has 0 saturated carbocycles. The molecule has 1 aromatic carbocycles. The summed E-state index contributed by atoms with van der Waals surface area (Å²) >= 11 is 1.90. The van der Waals surface area contributed by atoms with E-state index in [0.717, 1.165) is 5.01 Å². The minimum absolute atomic E-state index is 0.306. The standard InChI is InChI=1S/C8H10FIN4O2/c9-4-16-6-3-1-2-5(7(6)10)14(12)8(15)13-11/h1-3H,4,11-12H2,(H,13,15). The molecule has 88 valence electrons. The molecule has 0 aliphatic heterocycles. The Hall–Kier alpha value is -1.13. The number of halogens is 2. The Bertz CT molecular complexity index is 390. The van der Waals surface area contributed by atoms with Gasteiger partial charge in [0.05, 0.1) is 9.26 Å². The Kier molecular flexibility index (Phi) is 4.71. The van der Waals surface area contributed by atoms with Crippen molar-refractivity contribution in [1.82, 2.24) is 5.43 Å². The average molecular weight is 340 g/mol. The number of hydrazine groups is 2. The minimum atomic E-state index is -0.951. The summed E-state index contributed by atoms with van der Waals surface area (Å²) in [5.41, 5.74) is 2.26. The van der Waals surface area contributed by atoms with Crippen molar-refractivity contribution in [3.05, 3.63) is 21.8 Å².